The highest BCUT2D eigenvalue weighted by Gasteiger charge is 1.98. The average molecular weight is 381 g/mol. The number of nitrogens with zero attached hydrogens (tertiary/aromatic N) is 1. The van der Waals surface area contributed by atoms with E-state index in [2.05, 4.69) is 15.6 Å². The molecule has 0 saturated heterocycles. The molecule has 0 atom stereocenters. The molecule has 108 valence electrons. The van der Waals surface area contributed by atoms with Crippen LogP contribution in [-0.2, 0) is 11.2 Å². The number of rotatable bonds is 6. The number of ether oxygens (including phenoxy) is 1. The number of hydrogen-bond acceptors (Lipinski definition) is 2. The lowest BCUT2D eigenvalue weighted by Gasteiger charge is -2.11. The van der Waals surface area contributed by atoms with E-state index in [1.165, 1.54) is 6.07 Å². The number of guanidine groups is 1. The van der Waals surface area contributed by atoms with Crippen LogP contribution in [0.5, 0.6) is 0 Å². The first-order valence-electron chi connectivity index (χ1n) is 5.94. The Hall–Kier alpha value is -0.890. The summed E-state index contributed by atoms with van der Waals surface area (Å²) in [5, 5.41) is 6.26. The lowest BCUT2D eigenvalue weighted by Crippen LogP contribution is -2.39. The molecule has 0 bridgehead atoms. The molecule has 0 saturated carbocycles. The summed E-state index contributed by atoms with van der Waals surface area (Å²) in [5.41, 5.74) is 0.967. The molecule has 4 nitrogen and oxygen atoms in total. The molecule has 0 aromatic heterocycles. The molecule has 0 fully saturated rings. The lowest BCUT2D eigenvalue weighted by atomic mass is 10.1. The van der Waals surface area contributed by atoms with Gasteiger partial charge in [0.25, 0.3) is 0 Å². The van der Waals surface area contributed by atoms with Crippen LogP contribution in [0.4, 0.5) is 4.39 Å². The van der Waals surface area contributed by atoms with Crippen molar-refractivity contribution in [1.82, 2.24) is 10.6 Å². The van der Waals surface area contributed by atoms with E-state index in [9.17, 15) is 4.39 Å². The third-order valence-electron chi connectivity index (χ3n) is 2.42. The Balaban J connectivity index is 0.00000324. The lowest BCUT2D eigenvalue weighted by molar-refractivity contribution is 0.203. The maximum absolute atomic E-state index is 13.0. The van der Waals surface area contributed by atoms with E-state index in [-0.39, 0.29) is 29.8 Å². The molecule has 0 heterocycles. The fourth-order valence-electron chi connectivity index (χ4n) is 1.51. The molecule has 6 heteroatoms. The standard InChI is InChI=1S/C13H20FN3O.HI/c1-15-13(17-8-9-18-2)16-7-6-11-4-3-5-12(14)10-11;/h3-5,10H,6-9H2,1-2H3,(H2,15,16,17);1H. The second kappa shape index (κ2) is 11.0. The highest BCUT2D eigenvalue weighted by Crippen LogP contribution is 2.03. The van der Waals surface area contributed by atoms with Gasteiger partial charge in [0.1, 0.15) is 5.82 Å². The summed E-state index contributed by atoms with van der Waals surface area (Å²) in [6.45, 7) is 2.04. The summed E-state index contributed by atoms with van der Waals surface area (Å²) in [6, 6.07) is 6.62. The Bertz CT molecular complexity index is 388. The van der Waals surface area contributed by atoms with Gasteiger partial charge in [-0.15, -0.1) is 24.0 Å². The Labute approximate surface area is 130 Å². The van der Waals surface area contributed by atoms with E-state index in [0.29, 0.717) is 19.7 Å². The van der Waals surface area contributed by atoms with Gasteiger partial charge in [0, 0.05) is 27.2 Å². The zero-order valence-electron chi connectivity index (χ0n) is 11.3. The van der Waals surface area contributed by atoms with Gasteiger partial charge in [0.2, 0.25) is 0 Å². The molecule has 0 radical (unpaired) electrons. The molecule has 0 aliphatic rings. The fourth-order valence-corrected chi connectivity index (χ4v) is 1.51. The quantitative estimate of drug-likeness (QED) is 0.342. The van der Waals surface area contributed by atoms with Gasteiger partial charge in [-0.1, -0.05) is 12.1 Å². The minimum Gasteiger partial charge on any atom is -0.383 e. The molecule has 1 rings (SSSR count). The van der Waals surface area contributed by atoms with Crippen molar-refractivity contribution in [3.8, 4) is 0 Å². The Morgan fingerprint density at radius 1 is 1.32 bits per heavy atom. The molecular weight excluding hydrogens is 360 g/mol. The summed E-state index contributed by atoms with van der Waals surface area (Å²) in [6.07, 6.45) is 0.753. The fraction of sp³-hybridized carbons (Fsp3) is 0.462. The van der Waals surface area contributed by atoms with Gasteiger partial charge in [0.05, 0.1) is 6.61 Å². The van der Waals surface area contributed by atoms with Crippen molar-refractivity contribution in [2.24, 2.45) is 4.99 Å². The first-order chi connectivity index (χ1) is 8.76. The van der Waals surface area contributed by atoms with Gasteiger partial charge in [-0.2, -0.15) is 0 Å². The van der Waals surface area contributed by atoms with E-state index in [0.717, 1.165) is 17.9 Å². The van der Waals surface area contributed by atoms with Crippen molar-refractivity contribution >= 4 is 29.9 Å². The molecule has 0 spiro atoms. The monoisotopic (exact) mass is 381 g/mol. The third-order valence-corrected chi connectivity index (χ3v) is 2.42. The van der Waals surface area contributed by atoms with Crippen molar-refractivity contribution in [2.45, 2.75) is 6.42 Å². The molecule has 2 N–H and O–H groups in total. The molecule has 1 aromatic rings. The molecule has 0 aliphatic heterocycles. The average Bonchev–Trinajstić information content (AvgIpc) is 2.37. The second-order valence-corrected chi connectivity index (χ2v) is 3.80. The number of halogens is 2. The summed E-state index contributed by atoms with van der Waals surface area (Å²) in [7, 11) is 3.37. The van der Waals surface area contributed by atoms with Crippen LogP contribution in [0.3, 0.4) is 0 Å². The van der Waals surface area contributed by atoms with Crippen LogP contribution in [0, 0.1) is 5.82 Å². The van der Waals surface area contributed by atoms with E-state index in [1.807, 2.05) is 6.07 Å². The van der Waals surface area contributed by atoms with Crippen LogP contribution in [-0.4, -0.2) is 39.8 Å². The topological polar surface area (TPSA) is 45.7 Å². The first-order valence-corrected chi connectivity index (χ1v) is 5.94. The van der Waals surface area contributed by atoms with Crippen molar-refractivity contribution in [3.63, 3.8) is 0 Å². The van der Waals surface area contributed by atoms with Gasteiger partial charge in [-0.3, -0.25) is 4.99 Å². The Morgan fingerprint density at radius 3 is 2.68 bits per heavy atom. The van der Waals surface area contributed by atoms with Crippen molar-refractivity contribution in [2.75, 3.05) is 33.9 Å². The number of nitrogens with one attached hydrogen (secondary N) is 2. The van der Waals surface area contributed by atoms with E-state index in [4.69, 9.17) is 4.74 Å². The maximum atomic E-state index is 13.0. The summed E-state index contributed by atoms with van der Waals surface area (Å²) >= 11 is 0. The van der Waals surface area contributed by atoms with Gasteiger partial charge >= 0.3 is 0 Å². The molecular formula is C13H21FIN3O. The number of benzene rings is 1. The zero-order chi connectivity index (χ0) is 13.2. The van der Waals surface area contributed by atoms with Crippen LogP contribution in [0.15, 0.2) is 29.3 Å². The predicted molar refractivity (Wildman–Crippen MR) is 86.8 cm³/mol. The maximum Gasteiger partial charge on any atom is 0.191 e. The van der Waals surface area contributed by atoms with Crippen LogP contribution in [0.1, 0.15) is 5.56 Å². The van der Waals surface area contributed by atoms with Crippen LogP contribution >= 0.6 is 24.0 Å². The normalized spacial score (nSPS) is 10.8. The Kier molecular flexibility index (Phi) is 10.5. The minimum atomic E-state index is -0.199. The minimum absolute atomic E-state index is 0. The van der Waals surface area contributed by atoms with Crippen molar-refractivity contribution < 1.29 is 9.13 Å². The van der Waals surface area contributed by atoms with E-state index < -0.39 is 0 Å². The number of aliphatic imine (C=N–C) groups is 1. The van der Waals surface area contributed by atoms with E-state index >= 15 is 0 Å². The van der Waals surface area contributed by atoms with Crippen LogP contribution < -0.4 is 10.6 Å². The molecule has 0 aliphatic carbocycles. The highest BCUT2D eigenvalue weighted by molar-refractivity contribution is 14.0. The van der Waals surface area contributed by atoms with Crippen LogP contribution in [0.2, 0.25) is 0 Å². The van der Waals surface area contributed by atoms with Crippen molar-refractivity contribution in [3.05, 3.63) is 35.6 Å². The van der Waals surface area contributed by atoms with Gasteiger partial charge in [0.15, 0.2) is 5.96 Å². The first kappa shape index (κ1) is 18.1. The summed E-state index contributed by atoms with van der Waals surface area (Å²) in [4.78, 5) is 4.07. The third kappa shape index (κ3) is 7.99. The van der Waals surface area contributed by atoms with Gasteiger partial charge < -0.3 is 15.4 Å². The zero-order valence-corrected chi connectivity index (χ0v) is 13.6. The molecule has 0 unspecified atom stereocenters. The van der Waals surface area contributed by atoms with Crippen molar-refractivity contribution in [1.29, 1.82) is 0 Å². The molecule has 1 aromatic carbocycles. The van der Waals surface area contributed by atoms with Gasteiger partial charge in [-0.05, 0) is 24.1 Å². The largest absolute Gasteiger partial charge is 0.383 e. The van der Waals surface area contributed by atoms with E-state index in [1.54, 1.807) is 26.3 Å². The van der Waals surface area contributed by atoms with Crippen LogP contribution in [0.25, 0.3) is 0 Å². The second-order valence-electron chi connectivity index (χ2n) is 3.80. The van der Waals surface area contributed by atoms with Gasteiger partial charge in [-0.25, -0.2) is 4.39 Å². The SMILES string of the molecule is CN=C(NCCOC)NCCc1cccc(F)c1.I. The highest BCUT2D eigenvalue weighted by atomic mass is 127. The predicted octanol–water partition coefficient (Wildman–Crippen LogP) is 1.80. The Morgan fingerprint density at radius 2 is 2.05 bits per heavy atom. The molecule has 0 amide bonds. The molecule has 19 heavy (non-hydrogen) atoms. The smallest absolute Gasteiger partial charge is 0.191 e. The summed E-state index contributed by atoms with van der Waals surface area (Å²) in [5.74, 6) is 0.526. The number of methoxy groups -OCH3 is 1. The summed E-state index contributed by atoms with van der Waals surface area (Å²) < 4.78 is 17.9. The number of hydrogen-bond donors (Lipinski definition) is 2.